The lowest BCUT2D eigenvalue weighted by Crippen LogP contribution is -2.48. The molecule has 0 N–H and O–H groups in total. The van der Waals surface area contributed by atoms with E-state index in [9.17, 15) is 9.59 Å². The van der Waals surface area contributed by atoms with E-state index in [1.54, 1.807) is 22.8 Å². The molecule has 1 aromatic rings. The van der Waals surface area contributed by atoms with Gasteiger partial charge in [0, 0.05) is 58.2 Å². The molecule has 0 bridgehead atoms. The first-order valence-electron chi connectivity index (χ1n) is 9.46. The molecular weight excluding hydrogens is 350 g/mol. The maximum Gasteiger partial charge on any atom is 0.272 e. The molecule has 3 fully saturated rings. The van der Waals surface area contributed by atoms with Crippen molar-refractivity contribution in [3.8, 4) is 0 Å². The third-order valence-electron chi connectivity index (χ3n) is 5.46. The van der Waals surface area contributed by atoms with E-state index >= 15 is 0 Å². The van der Waals surface area contributed by atoms with Gasteiger partial charge in [-0.1, -0.05) is 0 Å². The lowest BCUT2D eigenvalue weighted by Gasteiger charge is -2.38. The molecule has 9 heteroatoms. The summed E-state index contributed by atoms with van der Waals surface area (Å²) in [5, 5.41) is 0. The molecule has 1 spiro atoms. The summed E-state index contributed by atoms with van der Waals surface area (Å²) in [6.45, 7) is 6.81. The van der Waals surface area contributed by atoms with Gasteiger partial charge in [0.05, 0.1) is 13.2 Å². The van der Waals surface area contributed by atoms with E-state index in [0.29, 0.717) is 50.9 Å². The molecular formula is C18H25N5O4. The minimum atomic E-state index is -0.435. The Hall–Kier alpha value is -2.26. The molecule has 9 nitrogen and oxygen atoms in total. The summed E-state index contributed by atoms with van der Waals surface area (Å²) in [6, 6.07) is 1.77. The Morgan fingerprint density at radius 1 is 1.07 bits per heavy atom. The summed E-state index contributed by atoms with van der Waals surface area (Å²) >= 11 is 0. The van der Waals surface area contributed by atoms with Crippen LogP contribution in [-0.4, -0.2) is 90.4 Å². The normalized spacial score (nSPS) is 22.3. The van der Waals surface area contributed by atoms with Gasteiger partial charge in [-0.25, -0.2) is 9.97 Å². The minimum absolute atomic E-state index is 0.108. The van der Waals surface area contributed by atoms with Crippen molar-refractivity contribution in [2.24, 2.45) is 0 Å². The predicted octanol–water partition coefficient (Wildman–Crippen LogP) is 0.0425. The van der Waals surface area contributed by atoms with Crippen molar-refractivity contribution in [2.75, 3.05) is 57.4 Å². The zero-order valence-corrected chi connectivity index (χ0v) is 15.6. The SMILES string of the molecule is Cc1nc(C(=O)N2CCN(C=O)CC2)cc(N2CCC3(CC2)OCCO3)n1. The smallest absolute Gasteiger partial charge is 0.272 e. The second-order valence-corrected chi connectivity index (χ2v) is 7.19. The van der Waals surface area contributed by atoms with Crippen molar-refractivity contribution in [2.45, 2.75) is 25.6 Å². The number of ether oxygens (including phenoxy) is 2. The highest BCUT2D eigenvalue weighted by molar-refractivity contribution is 5.93. The van der Waals surface area contributed by atoms with Gasteiger partial charge in [0.25, 0.3) is 5.91 Å². The Morgan fingerprint density at radius 3 is 2.37 bits per heavy atom. The fourth-order valence-corrected chi connectivity index (χ4v) is 3.88. The molecule has 27 heavy (non-hydrogen) atoms. The molecule has 0 aliphatic carbocycles. The van der Waals surface area contributed by atoms with Gasteiger partial charge in [0.2, 0.25) is 6.41 Å². The topological polar surface area (TPSA) is 88.1 Å². The number of carbonyl (C=O) groups excluding carboxylic acids is 2. The van der Waals surface area contributed by atoms with Gasteiger partial charge in [0.15, 0.2) is 5.79 Å². The van der Waals surface area contributed by atoms with Crippen LogP contribution in [-0.2, 0) is 14.3 Å². The molecule has 0 atom stereocenters. The predicted molar refractivity (Wildman–Crippen MR) is 96.4 cm³/mol. The molecule has 3 aliphatic heterocycles. The van der Waals surface area contributed by atoms with Crippen molar-refractivity contribution in [1.29, 1.82) is 0 Å². The largest absolute Gasteiger partial charge is 0.356 e. The molecule has 3 aliphatic rings. The van der Waals surface area contributed by atoms with Gasteiger partial charge < -0.3 is 24.2 Å². The quantitative estimate of drug-likeness (QED) is 0.690. The van der Waals surface area contributed by atoms with E-state index in [0.717, 1.165) is 38.2 Å². The Morgan fingerprint density at radius 2 is 1.74 bits per heavy atom. The average molecular weight is 375 g/mol. The highest BCUT2D eigenvalue weighted by Gasteiger charge is 2.40. The molecule has 4 rings (SSSR count). The lowest BCUT2D eigenvalue weighted by molar-refractivity contribution is -0.169. The van der Waals surface area contributed by atoms with Crippen LogP contribution < -0.4 is 4.90 Å². The molecule has 1 aromatic heterocycles. The van der Waals surface area contributed by atoms with Gasteiger partial charge in [-0.05, 0) is 6.92 Å². The highest BCUT2D eigenvalue weighted by atomic mass is 16.7. The Bertz CT molecular complexity index is 704. The zero-order valence-electron chi connectivity index (χ0n) is 15.6. The second kappa shape index (κ2) is 7.40. The summed E-state index contributed by atoms with van der Waals surface area (Å²) in [7, 11) is 0. The summed E-state index contributed by atoms with van der Waals surface area (Å²) in [5.41, 5.74) is 0.408. The number of anilines is 1. The van der Waals surface area contributed by atoms with Gasteiger partial charge in [-0.15, -0.1) is 0 Å². The number of hydrogen-bond donors (Lipinski definition) is 0. The minimum Gasteiger partial charge on any atom is -0.356 e. The number of rotatable bonds is 3. The molecule has 146 valence electrons. The monoisotopic (exact) mass is 375 g/mol. The maximum absolute atomic E-state index is 12.9. The molecule has 0 radical (unpaired) electrons. The molecule has 3 saturated heterocycles. The first kappa shape index (κ1) is 18.1. The van der Waals surface area contributed by atoms with E-state index < -0.39 is 5.79 Å². The standard InChI is InChI=1S/C18H25N5O4/c1-14-19-15(17(25)23-8-6-21(13-24)7-9-23)12-16(20-14)22-4-2-18(3-5-22)26-10-11-27-18/h12-13H,2-11H2,1H3. The fourth-order valence-electron chi connectivity index (χ4n) is 3.88. The molecule has 4 heterocycles. The number of nitrogens with zero attached hydrogens (tertiary/aromatic N) is 5. The zero-order chi connectivity index (χ0) is 18.9. The number of piperidine rings is 1. The Labute approximate surface area is 158 Å². The van der Waals surface area contributed by atoms with E-state index in [1.165, 1.54) is 0 Å². The first-order chi connectivity index (χ1) is 13.1. The van der Waals surface area contributed by atoms with Crippen LogP contribution in [0.25, 0.3) is 0 Å². The Balaban J connectivity index is 1.45. The van der Waals surface area contributed by atoms with Gasteiger partial charge >= 0.3 is 0 Å². The fraction of sp³-hybridized carbons (Fsp3) is 0.667. The number of piperazine rings is 1. The van der Waals surface area contributed by atoms with Gasteiger partial charge in [0.1, 0.15) is 17.3 Å². The van der Waals surface area contributed by atoms with Crippen LogP contribution in [0.4, 0.5) is 5.82 Å². The number of aryl methyl sites for hydroxylation is 1. The van der Waals surface area contributed by atoms with Gasteiger partial charge in [-0.2, -0.15) is 0 Å². The second-order valence-electron chi connectivity index (χ2n) is 7.19. The molecule has 0 saturated carbocycles. The van der Waals surface area contributed by atoms with Crippen molar-refractivity contribution in [3.05, 3.63) is 17.6 Å². The van der Waals surface area contributed by atoms with Crippen molar-refractivity contribution in [1.82, 2.24) is 19.8 Å². The van der Waals surface area contributed by atoms with Crippen LogP contribution in [0.3, 0.4) is 0 Å². The van der Waals surface area contributed by atoms with E-state index in [2.05, 4.69) is 14.9 Å². The van der Waals surface area contributed by atoms with E-state index in [1.807, 2.05) is 0 Å². The number of aromatic nitrogens is 2. The molecule has 2 amide bonds. The van der Waals surface area contributed by atoms with Crippen LogP contribution in [0.5, 0.6) is 0 Å². The summed E-state index contributed by atoms with van der Waals surface area (Å²) in [6.07, 6.45) is 2.40. The highest BCUT2D eigenvalue weighted by Crippen LogP contribution is 2.32. The third kappa shape index (κ3) is 3.74. The first-order valence-corrected chi connectivity index (χ1v) is 9.46. The van der Waals surface area contributed by atoms with Crippen LogP contribution in [0.15, 0.2) is 6.07 Å². The van der Waals surface area contributed by atoms with Crippen LogP contribution in [0.1, 0.15) is 29.2 Å². The average Bonchev–Trinajstić information content (AvgIpc) is 3.15. The molecule has 0 aromatic carbocycles. The van der Waals surface area contributed by atoms with Gasteiger partial charge in [-0.3, -0.25) is 9.59 Å². The lowest BCUT2D eigenvalue weighted by atomic mass is 10.0. The summed E-state index contributed by atoms with van der Waals surface area (Å²) < 4.78 is 11.6. The van der Waals surface area contributed by atoms with Crippen LogP contribution in [0.2, 0.25) is 0 Å². The number of hydrogen-bond acceptors (Lipinski definition) is 7. The van der Waals surface area contributed by atoms with Crippen LogP contribution in [0, 0.1) is 6.92 Å². The third-order valence-corrected chi connectivity index (χ3v) is 5.46. The number of carbonyl (C=O) groups is 2. The molecule has 0 unspecified atom stereocenters. The summed E-state index contributed by atoms with van der Waals surface area (Å²) in [4.78, 5) is 38.2. The van der Waals surface area contributed by atoms with E-state index in [4.69, 9.17) is 9.47 Å². The van der Waals surface area contributed by atoms with Crippen molar-refractivity contribution < 1.29 is 19.1 Å². The summed E-state index contributed by atoms with van der Waals surface area (Å²) in [5.74, 6) is 0.805. The van der Waals surface area contributed by atoms with Crippen molar-refractivity contribution >= 4 is 18.1 Å². The van der Waals surface area contributed by atoms with E-state index in [-0.39, 0.29) is 5.91 Å². The van der Waals surface area contributed by atoms with Crippen LogP contribution >= 0.6 is 0 Å². The maximum atomic E-state index is 12.9. The Kier molecular flexibility index (Phi) is 4.96. The number of amides is 2. The van der Waals surface area contributed by atoms with Crippen molar-refractivity contribution in [3.63, 3.8) is 0 Å².